The molecule has 10 heteroatoms. The highest BCUT2D eigenvalue weighted by molar-refractivity contribution is 6.30. The SMILES string of the molecule is O=C(NCc1cc(Cl)ccc1-c1nnn[nH]1)[C@@H]1[C@H]2C[C@H]2CN1C(=O)[C@H](O)CC1CC1. The largest absolute Gasteiger partial charge is 0.383 e. The number of tetrazole rings is 1. The van der Waals surface area contributed by atoms with Gasteiger partial charge in [-0.2, -0.15) is 0 Å². The van der Waals surface area contributed by atoms with Crippen molar-refractivity contribution in [2.45, 2.75) is 44.4 Å². The van der Waals surface area contributed by atoms with Crippen LogP contribution < -0.4 is 5.32 Å². The zero-order valence-electron chi connectivity index (χ0n) is 16.3. The number of aromatic amines is 1. The van der Waals surface area contributed by atoms with Crippen molar-refractivity contribution in [3.05, 3.63) is 28.8 Å². The third-order valence-electron chi connectivity index (χ3n) is 6.36. The van der Waals surface area contributed by atoms with Crippen LogP contribution >= 0.6 is 11.6 Å². The quantitative estimate of drug-likeness (QED) is 0.605. The van der Waals surface area contributed by atoms with Crippen LogP contribution in [0.15, 0.2) is 18.2 Å². The van der Waals surface area contributed by atoms with E-state index in [1.165, 1.54) is 0 Å². The predicted molar refractivity (Wildman–Crippen MR) is 107 cm³/mol. The zero-order chi connectivity index (χ0) is 20.8. The fourth-order valence-electron chi connectivity index (χ4n) is 4.49. The molecule has 2 heterocycles. The van der Waals surface area contributed by atoms with Crippen molar-refractivity contribution >= 4 is 23.4 Å². The van der Waals surface area contributed by atoms with Gasteiger partial charge in [-0.05, 0) is 64.8 Å². The van der Waals surface area contributed by atoms with E-state index in [9.17, 15) is 14.7 Å². The summed E-state index contributed by atoms with van der Waals surface area (Å²) in [5, 5.41) is 27.6. The van der Waals surface area contributed by atoms with Crippen LogP contribution in [0.2, 0.25) is 5.02 Å². The molecule has 0 bridgehead atoms. The standard InChI is InChI=1S/C20H23ClN6O3/c21-13-3-4-14(18-23-25-26-24-18)11(6-13)8-22-19(29)17-15-7-12(15)9-27(17)20(30)16(28)5-10-1-2-10/h3-4,6,10,12,15-17,28H,1-2,5,7-9H2,(H,22,29)(H,23,24,25,26)/t12-,15-,16+,17-/m0/s1. The molecule has 30 heavy (non-hydrogen) atoms. The molecule has 158 valence electrons. The number of fused-ring (bicyclic) bond motifs is 1. The number of hydrogen-bond donors (Lipinski definition) is 3. The van der Waals surface area contributed by atoms with Gasteiger partial charge in [0.05, 0.1) is 0 Å². The van der Waals surface area contributed by atoms with Gasteiger partial charge >= 0.3 is 0 Å². The van der Waals surface area contributed by atoms with Crippen molar-refractivity contribution in [3.8, 4) is 11.4 Å². The minimum Gasteiger partial charge on any atom is -0.383 e. The highest BCUT2D eigenvalue weighted by Crippen LogP contribution is 2.50. The van der Waals surface area contributed by atoms with Crippen LogP contribution in [-0.2, 0) is 16.1 Å². The summed E-state index contributed by atoms with van der Waals surface area (Å²) in [6.45, 7) is 0.783. The number of H-pyrrole nitrogens is 1. The fraction of sp³-hybridized carbons (Fsp3) is 0.550. The molecule has 0 radical (unpaired) electrons. The van der Waals surface area contributed by atoms with Gasteiger partial charge in [-0.3, -0.25) is 9.59 Å². The molecule has 2 aromatic rings. The molecule has 4 atom stereocenters. The summed E-state index contributed by atoms with van der Waals surface area (Å²) < 4.78 is 0. The summed E-state index contributed by atoms with van der Waals surface area (Å²) in [6.07, 6.45) is 2.58. The summed E-state index contributed by atoms with van der Waals surface area (Å²) in [6, 6.07) is 4.77. The van der Waals surface area contributed by atoms with Gasteiger partial charge < -0.3 is 15.3 Å². The number of piperidine rings is 1. The van der Waals surface area contributed by atoms with Crippen LogP contribution in [0.5, 0.6) is 0 Å². The Morgan fingerprint density at radius 3 is 2.93 bits per heavy atom. The predicted octanol–water partition coefficient (Wildman–Crippen LogP) is 1.14. The maximum atomic E-state index is 13.0. The van der Waals surface area contributed by atoms with Gasteiger partial charge in [0.1, 0.15) is 12.1 Å². The number of likely N-dealkylation sites (tertiary alicyclic amines) is 1. The first-order chi connectivity index (χ1) is 14.5. The van der Waals surface area contributed by atoms with E-state index >= 15 is 0 Å². The number of carbonyl (C=O) groups excluding carboxylic acids is 2. The second-order valence-electron chi connectivity index (χ2n) is 8.56. The van der Waals surface area contributed by atoms with Crippen LogP contribution in [0.1, 0.15) is 31.2 Å². The van der Waals surface area contributed by atoms with Gasteiger partial charge in [-0.1, -0.05) is 24.4 Å². The van der Waals surface area contributed by atoms with E-state index in [-0.39, 0.29) is 24.3 Å². The highest BCUT2D eigenvalue weighted by Gasteiger charge is 2.57. The second kappa shape index (κ2) is 7.63. The van der Waals surface area contributed by atoms with Crippen molar-refractivity contribution in [1.82, 2.24) is 30.8 Å². The lowest BCUT2D eigenvalue weighted by atomic mass is 10.1. The first-order valence-corrected chi connectivity index (χ1v) is 10.7. The lowest BCUT2D eigenvalue weighted by Gasteiger charge is -2.28. The number of hydrogen-bond acceptors (Lipinski definition) is 6. The Hall–Kier alpha value is -2.52. The van der Waals surface area contributed by atoms with Gasteiger partial charge in [0.15, 0.2) is 5.82 Å². The Kier molecular flexibility index (Phi) is 4.94. The van der Waals surface area contributed by atoms with E-state index in [4.69, 9.17) is 11.6 Å². The van der Waals surface area contributed by atoms with E-state index in [0.29, 0.717) is 35.6 Å². The van der Waals surface area contributed by atoms with Crippen LogP contribution in [-0.4, -0.2) is 61.1 Å². The molecule has 3 N–H and O–H groups in total. The van der Waals surface area contributed by atoms with Gasteiger partial charge in [0, 0.05) is 23.7 Å². The number of carbonyl (C=O) groups is 2. The number of aliphatic hydroxyl groups excluding tert-OH is 1. The molecule has 1 aliphatic heterocycles. The molecule has 1 saturated heterocycles. The van der Waals surface area contributed by atoms with Crippen LogP contribution in [0, 0.1) is 17.8 Å². The minimum absolute atomic E-state index is 0.180. The zero-order valence-corrected chi connectivity index (χ0v) is 17.0. The van der Waals surface area contributed by atoms with Gasteiger partial charge in [-0.25, -0.2) is 5.10 Å². The average molecular weight is 431 g/mol. The Labute approximate surface area is 178 Å². The number of aromatic nitrogens is 4. The number of amides is 2. The molecule has 3 aliphatic rings. The molecular weight excluding hydrogens is 408 g/mol. The molecule has 3 fully saturated rings. The number of nitrogens with zero attached hydrogens (tertiary/aromatic N) is 4. The number of benzene rings is 1. The van der Waals surface area contributed by atoms with E-state index in [2.05, 4.69) is 25.9 Å². The smallest absolute Gasteiger partial charge is 0.252 e. The molecule has 0 unspecified atom stereocenters. The number of aliphatic hydroxyl groups is 1. The average Bonchev–Trinajstić information content (AvgIpc) is 3.60. The molecule has 5 rings (SSSR count). The first kappa shape index (κ1) is 19.4. The maximum absolute atomic E-state index is 13.0. The molecule has 2 amide bonds. The molecule has 2 saturated carbocycles. The van der Waals surface area contributed by atoms with Crippen molar-refractivity contribution in [1.29, 1.82) is 0 Å². The summed E-state index contributed by atoms with van der Waals surface area (Å²) >= 11 is 6.14. The molecule has 2 aliphatic carbocycles. The van der Waals surface area contributed by atoms with Crippen LogP contribution in [0.4, 0.5) is 0 Å². The third-order valence-corrected chi connectivity index (χ3v) is 6.60. The van der Waals surface area contributed by atoms with Gasteiger partial charge in [-0.15, -0.1) is 5.10 Å². The summed E-state index contributed by atoms with van der Waals surface area (Å²) in [7, 11) is 0. The Balaban J connectivity index is 1.28. The van der Waals surface area contributed by atoms with Crippen molar-refractivity contribution in [2.75, 3.05) is 6.54 Å². The second-order valence-corrected chi connectivity index (χ2v) is 9.00. The van der Waals surface area contributed by atoms with Gasteiger partial charge in [0.2, 0.25) is 5.91 Å². The number of nitrogens with one attached hydrogen (secondary N) is 2. The summed E-state index contributed by atoms with van der Waals surface area (Å²) in [5.41, 5.74) is 1.51. The van der Waals surface area contributed by atoms with E-state index in [0.717, 1.165) is 30.4 Å². The Morgan fingerprint density at radius 1 is 1.37 bits per heavy atom. The molecule has 1 aromatic heterocycles. The Morgan fingerprint density at radius 2 is 2.20 bits per heavy atom. The minimum atomic E-state index is -1.01. The van der Waals surface area contributed by atoms with Crippen molar-refractivity contribution in [2.24, 2.45) is 17.8 Å². The lowest BCUT2D eigenvalue weighted by molar-refractivity contribution is -0.146. The van der Waals surface area contributed by atoms with Crippen molar-refractivity contribution in [3.63, 3.8) is 0 Å². The van der Waals surface area contributed by atoms with Crippen molar-refractivity contribution < 1.29 is 14.7 Å². The van der Waals surface area contributed by atoms with Crippen LogP contribution in [0.25, 0.3) is 11.4 Å². The fourth-order valence-corrected chi connectivity index (χ4v) is 4.68. The molecule has 9 nitrogen and oxygen atoms in total. The topological polar surface area (TPSA) is 124 Å². The number of halogens is 1. The summed E-state index contributed by atoms with van der Waals surface area (Å²) in [5.74, 6) is 0.956. The van der Waals surface area contributed by atoms with E-state index in [1.54, 1.807) is 23.1 Å². The maximum Gasteiger partial charge on any atom is 0.252 e. The van der Waals surface area contributed by atoms with E-state index < -0.39 is 12.1 Å². The number of rotatable bonds is 7. The first-order valence-electron chi connectivity index (χ1n) is 10.3. The Bertz CT molecular complexity index is 963. The monoisotopic (exact) mass is 430 g/mol. The molecule has 0 spiro atoms. The lowest BCUT2D eigenvalue weighted by Crippen LogP contribution is -2.51. The highest BCUT2D eigenvalue weighted by atomic mass is 35.5. The van der Waals surface area contributed by atoms with E-state index in [1.807, 2.05) is 0 Å². The third kappa shape index (κ3) is 3.79. The molecular formula is C20H23ClN6O3. The normalized spacial score (nSPS) is 25.7. The molecule has 1 aromatic carbocycles. The van der Waals surface area contributed by atoms with Crippen LogP contribution in [0.3, 0.4) is 0 Å². The van der Waals surface area contributed by atoms with Gasteiger partial charge in [0.25, 0.3) is 5.91 Å². The summed E-state index contributed by atoms with van der Waals surface area (Å²) in [4.78, 5) is 27.4.